The van der Waals surface area contributed by atoms with Crippen molar-refractivity contribution in [2.45, 2.75) is 24.3 Å². The van der Waals surface area contributed by atoms with Gasteiger partial charge in [-0.1, -0.05) is 0 Å². The highest BCUT2D eigenvalue weighted by molar-refractivity contribution is 6.11. The van der Waals surface area contributed by atoms with Gasteiger partial charge < -0.3 is 20.7 Å². The molecule has 0 amide bonds. The number of ether oxygens (including phenoxy) is 1. The molecule has 2 unspecified atom stereocenters. The molecule has 0 spiro atoms. The Kier molecular flexibility index (Phi) is 2.30. The molecule has 58 valence electrons. The monoisotopic (exact) mass is 145 g/mol. The van der Waals surface area contributed by atoms with Gasteiger partial charge in [-0.25, -0.2) is 0 Å². The first kappa shape index (κ1) is 8.01. The summed E-state index contributed by atoms with van der Waals surface area (Å²) in [5.41, 5.74) is 5.49. The van der Waals surface area contributed by atoms with Gasteiger partial charge in [0.2, 0.25) is 0 Å². The molecule has 5 heteroatoms. The summed E-state index contributed by atoms with van der Waals surface area (Å²) < 4.78 is 5.11. The maximum atomic E-state index is 9.21. The van der Waals surface area contributed by atoms with Gasteiger partial charge in [-0.05, 0) is 0 Å². The second kappa shape index (κ2) is 2.88. The van der Waals surface area contributed by atoms with Crippen molar-refractivity contribution in [1.82, 2.24) is 0 Å². The van der Waals surface area contributed by atoms with Crippen molar-refractivity contribution in [2.75, 3.05) is 6.61 Å². The number of aliphatic hydroxyl groups excluding tert-OH is 2. The van der Waals surface area contributed by atoms with Crippen LogP contribution in [0.15, 0.2) is 0 Å². The lowest BCUT2D eigenvalue weighted by atomic mass is 9.92. The number of nitrogens with two attached hydrogens (primary N) is 1. The molecule has 1 heterocycles. The van der Waals surface area contributed by atoms with Crippen molar-refractivity contribution < 1.29 is 14.9 Å². The molecule has 0 aromatic heterocycles. The summed E-state index contributed by atoms with van der Waals surface area (Å²) in [5.74, 6) is 0. The van der Waals surface area contributed by atoms with Crippen LogP contribution in [0.2, 0.25) is 0 Å². The van der Waals surface area contributed by atoms with Gasteiger partial charge in [-0.2, -0.15) is 0 Å². The van der Waals surface area contributed by atoms with Gasteiger partial charge >= 0.3 is 0 Å². The Morgan fingerprint density at radius 1 is 1.60 bits per heavy atom. The Hall–Kier alpha value is -0.0951. The summed E-state index contributed by atoms with van der Waals surface area (Å²) in [6, 6.07) is -0.702. The Bertz CT molecular complexity index is 123. The summed E-state index contributed by atoms with van der Waals surface area (Å²) in [6.07, 6.45) is -1.04. The average molecular weight is 145 g/mol. The van der Waals surface area contributed by atoms with Gasteiger partial charge in [0.15, 0.2) is 0 Å². The van der Waals surface area contributed by atoms with E-state index in [1.54, 1.807) is 7.85 Å². The van der Waals surface area contributed by atoms with E-state index in [4.69, 9.17) is 15.6 Å². The fourth-order valence-electron chi connectivity index (χ4n) is 1.14. The van der Waals surface area contributed by atoms with Crippen LogP contribution in [0.5, 0.6) is 0 Å². The van der Waals surface area contributed by atoms with Gasteiger partial charge in [0, 0.05) is 0 Å². The third-order valence-electron chi connectivity index (χ3n) is 1.87. The fourth-order valence-corrected chi connectivity index (χ4v) is 1.14. The van der Waals surface area contributed by atoms with Crippen LogP contribution < -0.4 is 5.73 Å². The molecule has 0 aliphatic carbocycles. The number of aliphatic hydroxyl groups is 2. The van der Waals surface area contributed by atoms with Crippen LogP contribution in [0.25, 0.3) is 0 Å². The summed E-state index contributed by atoms with van der Waals surface area (Å²) in [7, 11) is 1.74. The lowest BCUT2D eigenvalue weighted by molar-refractivity contribution is 0.0290. The van der Waals surface area contributed by atoms with Crippen molar-refractivity contribution in [3.05, 3.63) is 0 Å². The fraction of sp³-hybridized carbons (Fsp3) is 1.00. The number of rotatable bonds is 1. The molecule has 0 aromatic rings. The van der Waals surface area contributed by atoms with Crippen LogP contribution in [0.3, 0.4) is 0 Å². The predicted octanol–water partition coefficient (Wildman–Crippen LogP) is -2.98. The van der Waals surface area contributed by atoms with Crippen molar-refractivity contribution >= 4 is 7.85 Å². The van der Waals surface area contributed by atoms with Crippen LogP contribution in [0, 0.1) is 0 Å². The highest BCUT2D eigenvalue weighted by Crippen LogP contribution is 2.16. The quantitative estimate of drug-likeness (QED) is 0.344. The van der Waals surface area contributed by atoms with E-state index in [-0.39, 0.29) is 12.6 Å². The van der Waals surface area contributed by atoms with Crippen LogP contribution >= 0.6 is 0 Å². The molecular weight excluding hydrogens is 133 g/mol. The molecule has 4 nitrogen and oxygen atoms in total. The van der Waals surface area contributed by atoms with Crippen molar-refractivity contribution in [3.63, 3.8) is 0 Å². The van der Waals surface area contributed by atoms with E-state index in [0.717, 1.165) is 0 Å². The second-order valence-corrected chi connectivity index (χ2v) is 2.63. The molecule has 1 fully saturated rings. The molecule has 4 atom stereocenters. The van der Waals surface area contributed by atoms with E-state index >= 15 is 0 Å². The number of hydrogen-bond donors (Lipinski definition) is 3. The van der Waals surface area contributed by atoms with E-state index in [1.807, 2.05) is 0 Å². The summed E-state index contributed by atoms with van der Waals surface area (Å²) in [5, 5.41) is 17.9. The Balaban J connectivity index is 2.53. The molecule has 0 aromatic carbocycles. The first-order chi connectivity index (χ1) is 4.66. The van der Waals surface area contributed by atoms with Crippen LogP contribution in [-0.4, -0.2) is 48.9 Å². The van der Waals surface area contributed by atoms with Gasteiger partial charge in [0.25, 0.3) is 0 Å². The van der Waals surface area contributed by atoms with Crippen LogP contribution in [-0.2, 0) is 4.74 Å². The smallest absolute Gasteiger partial charge is 0.142 e. The standard InChI is InChI=1S/C5H12BNO3/c6-5-4(9)3(7)2(1-8)10-5/h2-5,8-9H,1,6-7H2/t2-,3?,4?,5-/m1/s1. The zero-order chi connectivity index (χ0) is 7.72. The SMILES string of the molecule is B[C@@H]1O[C@H](CO)C(N)C1O. The van der Waals surface area contributed by atoms with Crippen LogP contribution in [0.4, 0.5) is 0 Å². The maximum absolute atomic E-state index is 9.21. The zero-order valence-corrected chi connectivity index (χ0v) is 5.90. The molecule has 1 saturated heterocycles. The minimum absolute atomic E-state index is 0.122. The topological polar surface area (TPSA) is 75.7 Å². The van der Waals surface area contributed by atoms with E-state index in [2.05, 4.69) is 0 Å². The summed E-state index contributed by atoms with van der Waals surface area (Å²) >= 11 is 0. The maximum Gasteiger partial charge on any atom is 0.142 e. The summed E-state index contributed by atoms with van der Waals surface area (Å²) in [4.78, 5) is 0. The predicted molar refractivity (Wildman–Crippen MR) is 38.3 cm³/mol. The average Bonchev–Trinajstić information content (AvgIpc) is 2.17. The Morgan fingerprint density at radius 2 is 2.20 bits per heavy atom. The lowest BCUT2D eigenvalue weighted by Gasteiger charge is -2.11. The Morgan fingerprint density at radius 3 is 2.40 bits per heavy atom. The largest absolute Gasteiger partial charge is 0.394 e. The van der Waals surface area contributed by atoms with Gasteiger partial charge in [-0.3, -0.25) is 0 Å². The molecule has 1 aliphatic rings. The molecule has 4 N–H and O–H groups in total. The Labute approximate surface area is 60.4 Å². The minimum Gasteiger partial charge on any atom is -0.394 e. The van der Waals surface area contributed by atoms with Gasteiger partial charge in [0.05, 0.1) is 30.9 Å². The third-order valence-corrected chi connectivity index (χ3v) is 1.87. The van der Waals surface area contributed by atoms with Crippen molar-refractivity contribution in [3.8, 4) is 0 Å². The molecule has 0 radical (unpaired) electrons. The molecular formula is C5H12BNO3. The lowest BCUT2D eigenvalue weighted by Crippen LogP contribution is -2.41. The molecule has 10 heavy (non-hydrogen) atoms. The molecule has 1 rings (SSSR count). The van der Waals surface area contributed by atoms with E-state index < -0.39 is 18.2 Å². The molecule has 0 saturated carbocycles. The van der Waals surface area contributed by atoms with E-state index in [1.165, 1.54) is 0 Å². The van der Waals surface area contributed by atoms with Gasteiger partial charge in [0.1, 0.15) is 7.85 Å². The molecule has 0 bridgehead atoms. The van der Waals surface area contributed by atoms with Crippen molar-refractivity contribution in [2.24, 2.45) is 5.73 Å². The van der Waals surface area contributed by atoms with Crippen LogP contribution in [0.1, 0.15) is 0 Å². The van der Waals surface area contributed by atoms with E-state index in [0.29, 0.717) is 0 Å². The minimum atomic E-state index is -0.642. The third kappa shape index (κ3) is 1.18. The van der Waals surface area contributed by atoms with E-state index in [9.17, 15) is 5.11 Å². The first-order valence-corrected chi connectivity index (χ1v) is 3.36. The van der Waals surface area contributed by atoms with Crippen molar-refractivity contribution in [1.29, 1.82) is 0 Å². The zero-order valence-electron chi connectivity index (χ0n) is 5.90. The highest BCUT2D eigenvalue weighted by atomic mass is 16.5. The highest BCUT2D eigenvalue weighted by Gasteiger charge is 2.37. The second-order valence-electron chi connectivity index (χ2n) is 2.63. The normalized spacial score (nSPS) is 47.9. The summed E-state index contributed by atoms with van der Waals surface area (Å²) in [6.45, 7) is -0.122. The van der Waals surface area contributed by atoms with Gasteiger partial charge in [-0.15, -0.1) is 0 Å². The molecule has 1 aliphatic heterocycles. The first-order valence-electron chi connectivity index (χ1n) is 3.36. The number of hydrogen-bond acceptors (Lipinski definition) is 4.